The highest BCUT2D eigenvalue weighted by atomic mass is 16.5. The zero-order valence-electron chi connectivity index (χ0n) is 15.8. The zero-order chi connectivity index (χ0) is 18.5. The van der Waals surface area contributed by atoms with E-state index >= 15 is 0 Å². The summed E-state index contributed by atoms with van der Waals surface area (Å²) in [6.07, 6.45) is 1.68. The molecule has 1 aromatic carbocycles. The largest absolute Gasteiger partial charge is 0.378 e. The van der Waals surface area contributed by atoms with E-state index < -0.39 is 0 Å². The molecule has 2 aliphatic heterocycles. The van der Waals surface area contributed by atoms with Gasteiger partial charge in [-0.05, 0) is 18.7 Å². The van der Waals surface area contributed by atoms with E-state index in [4.69, 9.17) is 9.72 Å². The molecule has 4 rings (SSSR count). The van der Waals surface area contributed by atoms with Crippen molar-refractivity contribution < 1.29 is 4.74 Å². The maximum absolute atomic E-state index is 5.48. The van der Waals surface area contributed by atoms with Gasteiger partial charge in [0.05, 0.1) is 30.8 Å². The van der Waals surface area contributed by atoms with Crippen LogP contribution in [0, 0.1) is 0 Å². The number of anilines is 4. The van der Waals surface area contributed by atoms with Crippen molar-refractivity contribution in [1.29, 1.82) is 0 Å². The van der Waals surface area contributed by atoms with Gasteiger partial charge in [-0.2, -0.15) is 10.1 Å². The summed E-state index contributed by atoms with van der Waals surface area (Å²) in [5.41, 5.74) is 2.19. The first-order chi connectivity index (χ1) is 13.3. The van der Waals surface area contributed by atoms with Crippen molar-refractivity contribution in [3.8, 4) is 0 Å². The molecule has 0 spiro atoms. The number of piperazine rings is 1. The first-order valence-electron chi connectivity index (χ1n) is 9.69. The summed E-state index contributed by atoms with van der Waals surface area (Å²) in [7, 11) is 0. The Bertz CT molecular complexity index is 742. The number of hydrogen-bond donors (Lipinski definition) is 1. The van der Waals surface area contributed by atoms with Crippen LogP contribution in [-0.4, -0.2) is 79.1 Å². The Morgan fingerprint density at radius 3 is 2.56 bits per heavy atom. The van der Waals surface area contributed by atoms with E-state index in [1.807, 2.05) is 6.07 Å². The Labute approximate surface area is 160 Å². The minimum Gasteiger partial charge on any atom is -0.378 e. The molecule has 3 heterocycles. The molecule has 1 aromatic heterocycles. The smallest absolute Gasteiger partial charge is 0.247 e. The fourth-order valence-corrected chi connectivity index (χ4v) is 3.55. The lowest BCUT2D eigenvalue weighted by molar-refractivity contribution is 0.123. The molecular weight excluding hydrogens is 342 g/mol. The second-order valence-corrected chi connectivity index (χ2v) is 6.80. The average molecular weight is 369 g/mol. The van der Waals surface area contributed by atoms with Crippen LogP contribution in [0.15, 0.2) is 30.5 Å². The fourth-order valence-electron chi connectivity index (χ4n) is 3.55. The number of hydrogen-bond acceptors (Lipinski definition) is 8. The van der Waals surface area contributed by atoms with Gasteiger partial charge in [0.25, 0.3) is 0 Å². The highest BCUT2D eigenvalue weighted by molar-refractivity contribution is 5.74. The Hall–Kier alpha value is -2.45. The minimum atomic E-state index is 0.694. The number of nitrogens with zero attached hydrogens (tertiary/aromatic N) is 6. The lowest BCUT2D eigenvalue weighted by Crippen LogP contribution is -2.46. The van der Waals surface area contributed by atoms with E-state index in [9.17, 15) is 0 Å². The van der Waals surface area contributed by atoms with Gasteiger partial charge in [-0.25, -0.2) is 0 Å². The molecule has 144 valence electrons. The van der Waals surface area contributed by atoms with Crippen molar-refractivity contribution in [2.24, 2.45) is 0 Å². The van der Waals surface area contributed by atoms with Crippen molar-refractivity contribution >= 4 is 23.1 Å². The van der Waals surface area contributed by atoms with Gasteiger partial charge in [-0.1, -0.05) is 19.1 Å². The van der Waals surface area contributed by atoms with E-state index in [0.29, 0.717) is 5.95 Å². The summed E-state index contributed by atoms with van der Waals surface area (Å²) in [4.78, 5) is 11.7. The van der Waals surface area contributed by atoms with Crippen LogP contribution < -0.4 is 15.1 Å². The van der Waals surface area contributed by atoms with Gasteiger partial charge in [0, 0.05) is 39.3 Å². The quantitative estimate of drug-likeness (QED) is 0.852. The Morgan fingerprint density at radius 1 is 1.00 bits per heavy atom. The minimum absolute atomic E-state index is 0.694. The molecule has 0 radical (unpaired) electrons. The van der Waals surface area contributed by atoms with Crippen molar-refractivity contribution in [2.75, 3.05) is 74.1 Å². The van der Waals surface area contributed by atoms with Gasteiger partial charge in [0.1, 0.15) is 0 Å². The number of morpholine rings is 1. The molecule has 0 atom stereocenters. The lowest BCUT2D eigenvalue weighted by atomic mass is 10.2. The van der Waals surface area contributed by atoms with Crippen LogP contribution in [-0.2, 0) is 4.74 Å². The first kappa shape index (κ1) is 17.9. The van der Waals surface area contributed by atoms with Crippen LogP contribution in [0.4, 0.5) is 23.1 Å². The monoisotopic (exact) mass is 369 g/mol. The van der Waals surface area contributed by atoms with Gasteiger partial charge < -0.3 is 24.8 Å². The van der Waals surface area contributed by atoms with Gasteiger partial charge in [0.15, 0.2) is 5.82 Å². The number of nitrogens with one attached hydrogen (secondary N) is 1. The van der Waals surface area contributed by atoms with E-state index in [1.165, 1.54) is 0 Å². The van der Waals surface area contributed by atoms with E-state index in [0.717, 1.165) is 76.2 Å². The van der Waals surface area contributed by atoms with Crippen LogP contribution in [0.1, 0.15) is 6.92 Å². The van der Waals surface area contributed by atoms with Gasteiger partial charge in [-0.3, -0.25) is 0 Å². The molecule has 0 amide bonds. The third-order valence-electron chi connectivity index (χ3n) is 5.17. The molecule has 0 aliphatic carbocycles. The molecule has 2 aliphatic rings. The molecule has 0 bridgehead atoms. The van der Waals surface area contributed by atoms with Gasteiger partial charge in [0.2, 0.25) is 5.95 Å². The number of aromatic nitrogens is 3. The standard InChI is InChI=1S/C19H27N7O/c1-2-24-7-9-26(10-8-24)19-22-18(15-20-23-19)21-16-5-3-4-6-17(16)25-11-13-27-14-12-25/h3-6,15H,2,7-14H2,1H3,(H,21,22,23). The average Bonchev–Trinajstić information content (AvgIpc) is 2.75. The van der Waals surface area contributed by atoms with Crippen LogP contribution >= 0.6 is 0 Å². The summed E-state index contributed by atoms with van der Waals surface area (Å²) in [6, 6.07) is 8.30. The number of rotatable bonds is 5. The van der Waals surface area contributed by atoms with E-state index in [1.54, 1.807) is 6.20 Å². The predicted octanol–water partition coefficient (Wildman–Crippen LogP) is 1.59. The molecule has 8 heteroatoms. The molecule has 27 heavy (non-hydrogen) atoms. The third kappa shape index (κ3) is 4.28. The first-order valence-corrected chi connectivity index (χ1v) is 9.69. The summed E-state index contributed by atoms with van der Waals surface area (Å²) >= 11 is 0. The number of benzene rings is 1. The predicted molar refractivity (Wildman–Crippen MR) is 107 cm³/mol. The lowest BCUT2D eigenvalue weighted by Gasteiger charge is -2.33. The number of para-hydroxylation sites is 2. The molecule has 2 aromatic rings. The maximum Gasteiger partial charge on any atom is 0.247 e. The summed E-state index contributed by atoms with van der Waals surface area (Å²) in [5, 5.41) is 11.9. The van der Waals surface area contributed by atoms with Crippen molar-refractivity contribution in [3.05, 3.63) is 30.5 Å². The molecule has 1 N–H and O–H groups in total. The van der Waals surface area contributed by atoms with Crippen molar-refractivity contribution in [3.63, 3.8) is 0 Å². The highest BCUT2D eigenvalue weighted by Gasteiger charge is 2.19. The molecule has 0 saturated carbocycles. The topological polar surface area (TPSA) is 69.7 Å². The third-order valence-corrected chi connectivity index (χ3v) is 5.17. The van der Waals surface area contributed by atoms with Crippen molar-refractivity contribution in [1.82, 2.24) is 20.1 Å². The molecule has 2 fully saturated rings. The zero-order valence-corrected chi connectivity index (χ0v) is 15.8. The SMILES string of the molecule is CCN1CCN(c2nncc(Nc3ccccc3N3CCOCC3)n2)CC1. The van der Waals surface area contributed by atoms with Crippen LogP contribution in [0.3, 0.4) is 0 Å². The van der Waals surface area contributed by atoms with Gasteiger partial charge in [-0.15, -0.1) is 5.10 Å². The Balaban J connectivity index is 1.49. The second kappa shape index (κ2) is 8.49. The van der Waals surface area contributed by atoms with Gasteiger partial charge >= 0.3 is 0 Å². The Morgan fingerprint density at radius 2 is 1.78 bits per heavy atom. The molecular formula is C19H27N7O. The molecule has 0 unspecified atom stereocenters. The summed E-state index contributed by atoms with van der Waals surface area (Å²) < 4.78 is 5.48. The maximum atomic E-state index is 5.48. The fraction of sp³-hybridized carbons (Fsp3) is 0.526. The molecule has 2 saturated heterocycles. The van der Waals surface area contributed by atoms with Crippen LogP contribution in [0.5, 0.6) is 0 Å². The molecule has 8 nitrogen and oxygen atoms in total. The number of likely N-dealkylation sites (N-methyl/N-ethyl adjacent to an activating group) is 1. The normalized spacial score (nSPS) is 18.6. The van der Waals surface area contributed by atoms with Crippen molar-refractivity contribution in [2.45, 2.75) is 6.92 Å². The summed E-state index contributed by atoms with van der Waals surface area (Å²) in [5.74, 6) is 1.42. The Kier molecular flexibility index (Phi) is 5.64. The van der Waals surface area contributed by atoms with E-state index in [2.05, 4.69) is 55.3 Å². The number of ether oxygens (including phenoxy) is 1. The van der Waals surface area contributed by atoms with Crippen LogP contribution in [0.2, 0.25) is 0 Å². The highest BCUT2D eigenvalue weighted by Crippen LogP contribution is 2.28. The summed E-state index contributed by atoms with van der Waals surface area (Å²) in [6.45, 7) is 10.5. The second-order valence-electron chi connectivity index (χ2n) is 6.80. The van der Waals surface area contributed by atoms with Crippen LogP contribution in [0.25, 0.3) is 0 Å². The van der Waals surface area contributed by atoms with E-state index in [-0.39, 0.29) is 0 Å².